The average Bonchev–Trinajstić information content (AvgIpc) is 3.33. The number of ether oxygens (including phenoxy) is 2. The molecule has 236 valence electrons. The van der Waals surface area contributed by atoms with E-state index in [1.54, 1.807) is 4.90 Å². The van der Waals surface area contributed by atoms with E-state index in [-0.39, 0.29) is 50.3 Å². The van der Waals surface area contributed by atoms with E-state index in [0.717, 1.165) is 6.20 Å². The Morgan fingerprint density at radius 3 is 2.77 bits per heavy atom. The number of nitrogens with zero attached hydrogens (tertiary/aromatic N) is 5. The molecule has 0 amide bonds. The van der Waals surface area contributed by atoms with Crippen molar-refractivity contribution in [1.82, 2.24) is 19.9 Å². The van der Waals surface area contributed by atoms with Gasteiger partial charge in [-0.1, -0.05) is 11.6 Å². The van der Waals surface area contributed by atoms with Crippen molar-refractivity contribution in [1.29, 1.82) is 0 Å². The van der Waals surface area contributed by atoms with Crippen LogP contribution in [0.2, 0.25) is 5.02 Å². The summed E-state index contributed by atoms with van der Waals surface area (Å²) in [7, 11) is 0. The van der Waals surface area contributed by atoms with Gasteiger partial charge in [0.05, 0.1) is 49.2 Å². The SMILES string of the molecule is [2H]C([2H])(Oc1nc(N2CCOC[C@H]3[C@H](F)[C@H]32)c2cnc(-c3cc(N)c(F)c(Cl)c3C(F)(F)F)c(F)c2n1)[C@@]12CCCN1C[C@H](F)C2. The molecule has 44 heavy (non-hydrogen) atoms. The molecule has 0 bridgehead atoms. The number of alkyl halides is 5. The Morgan fingerprint density at radius 1 is 1.20 bits per heavy atom. The number of halogens is 8. The highest BCUT2D eigenvalue weighted by atomic mass is 35.5. The van der Waals surface area contributed by atoms with E-state index in [1.165, 1.54) is 4.90 Å². The smallest absolute Gasteiger partial charge is 0.418 e. The number of benzene rings is 1. The summed E-state index contributed by atoms with van der Waals surface area (Å²) < 4.78 is 131. The molecule has 16 heteroatoms. The van der Waals surface area contributed by atoms with Gasteiger partial charge in [-0.25, -0.2) is 17.6 Å². The van der Waals surface area contributed by atoms with Crippen molar-refractivity contribution in [3.8, 4) is 17.3 Å². The zero-order chi connectivity index (χ0) is 32.9. The zero-order valence-corrected chi connectivity index (χ0v) is 23.5. The minimum absolute atomic E-state index is 0.00398. The minimum atomic E-state index is -5.25. The summed E-state index contributed by atoms with van der Waals surface area (Å²) in [6, 6.07) is -0.904. The first-order valence-corrected chi connectivity index (χ1v) is 14.3. The van der Waals surface area contributed by atoms with Gasteiger partial charge in [0.15, 0.2) is 11.6 Å². The predicted molar refractivity (Wildman–Crippen MR) is 146 cm³/mol. The highest BCUT2D eigenvalue weighted by molar-refractivity contribution is 6.32. The number of rotatable bonds is 5. The van der Waals surface area contributed by atoms with Crippen LogP contribution < -0.4 is 15.4 Å². The van der Waals surface area contributed by atoms with Crippen LogP contribution >= 0.6 is 11.6 Å². The molecule has 7 rings (SSSR count). The second kappa shape index (κ2) is 10.4. The van der Waals surface area contributed by atoms with Gasteiger partial charge in [-0.05, 0) is 25.5 Å². The number of pyridine rings is 1. The van der Waals surface area contributed by atoms with Gasteiger partial charge in [-0.3, -0.25) is 9.88 Å². The first-order chi connectivity index (χ1) is 21.6. The van der Waals surface area contributed by atoms with Crippen molar-refractivity contribution in [3.05, 3.63) is 34.5 Å². The van der Waals surface area contributed by atoms with E-state index in [1.807, 2.05) is 0 Å². The lowest BCUT2D eigenvalue weighted by molar-refractivity contribution is -0.137. The molecule has 4 fully saturated rings. The molecule has 3 aliphatic heterocycles. The molecule has 5 heterocycles. The van der Waals surface area contributed by atoms with Crippen LogP contribution in [0.25, 0.3) is 22.2 Å². The Morgan fingerprint density at radius 2 is 2.00 bits per heavy atom. The van der Waals surface area contributed by atoms with Crippen molar-refractivity contribution in [2.75, 3.05) is 50.0 Å². The van der Waals surface area contributed by atoms with Crippen LogP contribution in [0.1, 0.15) is 27.6 Å². The molecule has 5 atom stereocenters. The van der Waals surface area contributed by atoms with Crippen LogP contribution in [0, 0.1) is 17.6 Å². The number of fused-ring (bicyclic) bond motifs is 3. The van der Waals surface area contributed by atoms with E-state index in [0.29, 0.717) is 19.0 Å². The summed E-state index contributed by atoms with van der Waals surface area (Å²) >= 11 is 5.70. The predicted octanol–water partition coefficient (Wildman–Crippen LogP) is 5.35. The van der Waals surface area contributed by atoms with Gasteiger partial charge in [0.2, 0.25) is 0 Å². The molecule has 2 aromatic heterocycles. The topological polar surface area (TPSA) is 89.6 Å². The standard InChI is InChI=1S/C28H26ClF7N6O2/c29-18-17(28(34,35)36)13(6-16(37)20(18)32)22-21(33)23-14(8-38-22)25(42-4-5-43-10-15-19(31)24(15)42)40-26(39-23)44-11-27-2-1-3-41(27)9-12(30)7-27/h6,8,12,15,19,24H,1-5,7,9-11,37H2/t12-,15+,19+,24+,27+/m1/s1/i11D2. The summed E-state index contributed by atoms with van der Waals surface area (Å²) in [6.45, 7) is -1.85. The summed E-state index contributed by atoms with van der Waals surface area (Å²) in [5, 5.41) is -1.53. The molecule has 3 saturated heterocycles. The normalized spacial score (nSPS) is 29.7. The van der Waals surface area contributed by atoms with Gasteiger partial charge in [-0.2, -0.15) is 23.1 Å². The second-order valence-corrected chi connectivity index (χ2v) is 11.9. The molecule has 3 aromatic rings. The van der Waals surface area contributed by atoms with Gasteiger partial charge >= 0.3 is 12.2 Å². The van der Waals surface area contributed by atoms with Crippen LogP contribution in [0.15, 0.2) is 12.3 Å². The molecule has 4 aliphatic rings. The highest BCUT2D eigenvalue weighted by Crippen LogP contribution is 2.47. The van der Waals surface area contributed by atoms with Crippen LogP contribution in [0.5, 0.6) is 6.01 Å². The van der Waals surface area contributed by atoms with Crippen LogP contribution in [0.4, 0.5) is 42.2 Å². The number of nitrogens with two attached hydrogens (primary N) is 1. The molecular formula is C28H26ClF7N6O2. The molecule has 2 N–H and O–H groups in total. The van der Waals surface area contributed by atoms with E-state index < -0.39 is 93.3 Å². The molecule has 8 nitrogen and oxygen atoms in total. The fraction of sp³-hybridized carbons (Fsp3) is 0.536. The zero-order valence-electron chi connectivity index (χ0n) is 24.8. The van der Waals surface area contributed by atoms with Gasteiger partial charge in [0.1, 0.15) is 35.9 Å². The first-order valence-electron chi connectivity index (χ1n) is 14.9. The summed E-state index contributed by atoms with van der Waals surface area (Å²) in [6.07, 6.45) is -6.27. The Balaban J connectivity index is 1.41. The Bertz CT molecular complexity index is 1740. The lowest BCUT2D eigenvalue weighted by atomic mass is 9.95. The molecular weight excluding hydrogens is 621 g/mol. The maximum Gasteiger partial charge on any atom is 0.418 e. The van der Waals surface area contributed by atoms with E-state index in [4.69, 9.17) is 29.5 Å². The van der Waals surface area contributed by atoms with Gasteiger partial charge < -0.3 is 20.1 Å². The lowest BCUT2D eigenvalue weighted by Gasteiger charge is -2.31. The monoisotopic (exact) mass is 648 g/mol. The number of aromatic nitrogens is 3. The number of anilines is 2. The molecule has 1 aromatic carbocycles. The lowest BCUT2D eigenvalue weighted by Crippen LogP contribution is -2.43. The molecule has 0 spiro atoms. The summed E-state index contributed by atoms with van der Waals surface area (Å²) in [5.74, 6) is -3.63. The van der Waals surface area contributed by atoms with Gasteiger partial charge in [0.25, 0.3) is 0 Å². The molecule has 1 aliphatic carbocycles. The van der Waals surface area contributed by atoms with E-state index in [2.05, 4.69) is 15.0 Å². The van der Waals surface area contributed by atoms with Gasteiger partial charge in [0, 0.05) is 37.2 Å². The summed E-state index contributed by atoms with van der Waals surface area (Å²) in [5.41, 5.74) is -0.874. The number of hydrogen-bond acceptors (Lipinski definition) is 8. The van der Waals surface area contributed by atoms with Crippen LogP contribution in [0.3, 0.4) is 0 Å². The largest absolute Gasteiger partial charge is 0.461 e. The number of nitrogen functional groups attached to an aromatic ring is 1. The third kappa shape index (κ3) is 4.69. The van der Waals surface area contributed by atoms with Gasteiger partial charge in [-0.15, -0.1) is 0 Å². The third-order valence-electron chi connectivity index (χ3n) is 8.80. The Kier molecular flexibility index (Phi) is 6.45. The minimum Gasteiger partial charge on any atom is -0.461 e. The van der Waals surface area contributed by atoms with E-state index in [9.17, 15) is 26.3 Å². The van der Waals surface area contributed by atoms with Crippen molar-refractivity contribution in [2.45, 2.75) is 49.4 Å². The fourth-order valence-corrected chi connectivity index (χ4v) is 6.99. The summed E-state index contributed by atoms with van der Waals surface area (Å²) in [4.78, 5) is 15.5. The fourth-order valence-electron chi connectivity index (χ4n) is 6.67. The Labute approximate surface area is 254 Å². The maximum atomic E-state index is 16.5. The maximum absolute atomic E-state index is 16.5. The Hall–Kier alpha value is -3.17. The van der Waals surface area contributed by atoms with Crippen molar-refractivity contribution in [2.24, 2.45) is 5.92 Å². The highest BCUT2D eigenvalue weighted by Gasteiger charge is 2.56. The quantitative estimate of drug-likeness (QED) is 0.293. The van der Waals surface area contributed by atoms with Crippen molar-refractivity contribution >= 4 is 34.0 Å². The van der Waals surface area contributed by atoms with Crippen molar-refractivity contribution in [3.63, 3.8) is 0 Å². The third-order valence-corrected chi connectivity index (χ3v) is 9.16. The van der Waals surface area contributed by atoms with Crippen LogP contribution in [-0.2, 0) is 10.9 Å². The molecule has 0 unspecified atom stereocenters. The average molecular weight is 649 g/mol. The molecule has 0 radical (unpaired) electrons. The van der Waals surface area contributed by atoms with E-state index >= 15 is 4.39 Å². The second-order valence-electron chi connectivity index (χ2n) is 11.5. The molecule has 1 saturated carbocycles. The van der Waals surface area contributed by atoms with Crippen molar-refractivity contribution < 1.29 is 42.9 Å². The number of hydrogen-bond donors (Lipinski definition) is 1. The van der Waals surface area contributed by atoms with Crippen LogP contribution in [-0.4, -0.2) is 83.2 Å². The first kappa shape index (κ1) is 27.2.